The van der Waals surface area contributed by atoms with Gasteiger partial charge in [-0.1, -0.05) is 26.3 Å². The van der Waals surface area contributed by atoms with Crippen molar-refractivity contribution >= 4 is 16.6 Å². The zero-order valence-electron chi connectivity index (χ0n) is 13.5. The highest BCUT2D eigenvalue weighted by molar-refractivity contribution is 7.84. The van der Waals surface area contributed by atoms with Gasteiger partial charge in [0.1, 0.15) is 0 Å². The Balaban J connectivity index is 3.10. The van der Waals surface area contributed by atoms with E-state index in [4.69, 9.17) is 0 Å². The lowest BCUT2D eigenvalue weighted by molar-refractivity contribution is 0.101. The molecule has 112 valence electrons. The van der Waals surface area contributed by atoms with Gasteiger partial charge in [-0.05, 0) is 55.9 Å². The molecule has 0 aliphatic heterocycles. The Labute approximate surface area is 125 Å². The van der Waals surface area contributed by atoms with E-state index in [1.54, 1.807) is 6.92 Å². The number of aryl methyl sites for hydroxylation is 2. The lowest BCUT2D eigenvalue weighted by atomic mass is 9.92. The fraction of sp³-hybridized carbons (Fsp3) is 0.588. The number of rotatable bonds is 6. The third-order valence-electron chi connectivity index (χ3n) is 3.96. The molecule has 0 fully saturated rings. The van der Waals surface area contributed by atoms with Gasteiger partial charge in [0.15, 0.2) is 5.78 Å². The van der Waals surface area contributed by atoms with Crippen molar-refractivity contribution in [2.45, 2.75) is 53.7 Å². The summed E-state index contributed by atoms with van der Waals surface area (Å²) in [6.07, 6.45) is 1.05. The van der Waals surface area contributed by atoms with E-state index in [1.807, 2.05) is 26.8 Å². The second-order valence-electron chi connectivity index (χ2n) is 5.81. The normalized spacial score (nSPS) is 14.1. The van der Waals surface area contributed by atoms with Gasteiger partial charge >= 0.3 is 0 Å². The highest BCUT2D eigenvalue weighted by atomic mass is 32.2. The summed E-state index contributed by atoms with van der Waals surface area (Å²) < 4.78 is 12.3. The summed E-state index contributed by atoms with van der Waals surface area (Å²) >= 11 is 0. The van der Waals surface area contributed by atoms with Crippen LogP contribution in [0, 0.1) is 26.7 Å². The molecule has 1 aromatic rings. The molecule has 0 heterocycles. The Bertz CT molecular complexity index is 532. The van der Waals surface area contributed by atoms with Crippen LogP contribution in [0.4, 0.5) is 0 Å². The second-order valence-corrected chi connectivity index (χ2v) is 7.31. The zero-order chi connectivity index (χ0) is 15.4. The van der Waals surface area contributed by atoms with Crippen LogP contribution in [-0.2, 0) is 16.6 Å². The SMILES string of the molecule is CC[C@@H](C)C[S@@](=O)Cc1c(C)cc(C)c(C(C)=O)c1C. The van der Waals surface area contributed by atoms with E-state index in [-0.39, 0.29) is 5.78 Å². The summed E-state index contributed by atoms with van der Waals surface area (Å²) in [6.45, 7) is 11.8. The van der Waals surface area contributed by atoms with Crippen LogP contribution in [0.3, 0.4) is 0 Å². The molecular formula is C17H26O2S. The molecule has 1 rings (SSSR count). The predicted octanol–water partition coefficient (Wildman–Crippen LogP) is 4.11. The molecule has 0 N–H and O–H groups in total. The third-order valence-corrected chi connectivity index (χ3v) is 5.51. The molecule has 0 unspecified atom stereocenters. The maximum Gasteiger partial charge on any atom is 0.160 e. The van der Waals surface area contributed by atoms with E-state index in [0.29, 0.717) is 11.7 Å². The van der Waals surface area contributed by atoms with Gasteiger partial charge < -0.3 is 0 Å². The fourth-order valence-corrected chi connectivity index (χ4v) is 4.40. The fourth-order valence-electron chi connectivity index (χ4n) is 2.65. The van der Waals surface area contributed by atoms with E-state index in [1.165, 1.54) is 0 Å². The molecule has 0 radical (unpaired) electrons. The number of hydrogen-bond acceptors (Lipinski definition) is 2. The Kier molecular flexibility index (Phi) is 6.12. The van der Waals surface area contributed by atoms with Gasteiger partial charge in [0.2, 0.25) is 0 Å². The van der Waals surface area contributed by atoms with Gasteiger partial charge in [-0.3, -0.25) is 9.00 Å². The summed E-state index contributed by atoms with van der Waals surface area (Å²) in [4.78, 5) is 11.8. The summed E-state index contributed by atoms with van der Waals surface area (Å²) in [6, 6.07) is 2.04. The molecule has 2 atom stereocenters. The molecule has 0 saturated heterocycles. The van der Waals surface area contributed by atoms with Crippen molar-refractivity contribution in [2.24, 2.45) is 5.92 Å². The van der Waals surface area contributed by atoms with Crippen LogP contribution in [0.2, 0.25) is 0 Å². The number of benzene rings is 1. The first-order valence-electron chi connectivity index (χ1n) is 7.23. The topological polar surface area (TPSA) is 34.1 Å². The van der Waals surface area contributed by atoms with Crippen molar-refractivity contribution in [2.75, 3.05) is 5.75 Å². The summed E-state index contributed by atoms with van der Waals surface area (Å²) in [5, 5.41) is 0. The highest BCUT2D eigenvalue weighted by Crippen LogP contribution is 2.24. The van der Waals surface area contributed by atoms with Crippen molar-refractivity contribution in [3.05, 3.63) is 33.9 Å². The van der Waals surface area contributed by atoms with Crippen LogP contribution >= 0.6 is 0 Å². The molecule has 3 heteroatoms. The average molecular weight is 294 g/mol. The molecular weight excluding hydrogens is 268 g/mol. The van der Waals surface area contributed by atoms with Crippen LogP contribution in [0.25, 0.3) is 0 Å². The zero-order valence-corrected chi connectivity index (χ0v) is 14.3. The highest BCUT2D eigenvalue weighted by Gasteiger charge is 2.16. The maximum absolute atomic E-state index is 12.3. The molecule has 0 aromatic heterocycles. The minimum Gasteiger partial charge on any atom is -0.294 e. The molecule has 0 spiro atoms. The van der Waals surface area contributed by atoms with E-state index in [2.05, 4.69) is 13.8 Å². The summed E-state index contributed by atoms with van der Waals surface area (Å²) in [7, 11) is -0.861. The van der Waals surface area contributed by atoms with Crippen LogP contribution < -0.4 is 0 Å². The Morgan fingerprint density at radius 2 is 1.85 bits per heavy atom. The van der Waals surface area contributed by atoms with Gasteiger partial charge in [-0.25, -0.2) is 0 Å². The predicted molar refractivity (Wildman–Crippen MR) is 86.8 cm³/mol. The van der Waals surface area contributed by atoms with Gasteiger partial charge in [-0.15, -0.1) is 0 Å². The second kappa shape index (κ2) is 7.16. The smallest absolute Gasteiger partial charge is 0.160 e. The molecule has 2 nitrogen and oxygen atoms in total. The maximum atomic E-state index is 12.3. The molecule has 1 aromatic carbocycles. The number of Topliss-reactive ketones (excluding diaryl/α,β-unsaturated/α-hetero) is 1. The number of ketones is 1. The Hall–Kier alpha value is -0.960. The lowest BCUT2D eigenvalue weighted by Gasteiger charge is -2.16. The first-order chi connectivity index (χ1) is 9.27. The molecule has 0 aliphatic rings. The summed E-state index contributed by atoms with van der Waals surface area (Å²) in [5.74, 6) is 1.87. The van der Waals surface area contributed by atoms with Crippen LogP contribution in [0.15, 0.2) is 6.07 Å². The van der Waals surface area contributed by atoms with Crippen LogP contribution in [0.1, 0.15) is 59.8 Å². The molecule has 0 aliphatic carbocycles. The van der Waals surface area contributed by atoms with Crippen molar-refractivity contribution in [3.8, 4) is 0 Å². The van der Waals surface area contributed by atoms with Crippen molar-refractivity contribution in [1.82, 2.24) is 0 Å². The number of carbonyl (C=O) groups is 1. The first-order valence-corrected chi connectivity index (χ1v) is 8.72. The van der Waals surface area contributed by atoms with Crippen molar-refractivity contribution in [1.29, 1.82) is 0 Å². The van der Waals surface area contributed by atoms with Crippen LogP contribution in [-0.4, -0.2) is 15.7 Å². The van der Waals surface area contributed by atoms with Gasteiger partial charge in [0.05, 0.1) is 0 Å². The minimum atomic E-state index is -0.861. The molecule has 0 bridgehead atoms. The van der Waals surface area contributed by atoms with Gasteiger partial charge in [-0.2, -0.15) is 0 Å². The number of hydrogen-bond donors (Lipinski definition) is 0. The Morgan fingerprint density at radius 3 is 2.35 bits per heavy atom. The average Bonchev–Trinajstić information content (AvgIpc) is 2.33. The molecule has 0 amide bonds. The van der Waals surface area contributed by atoms with E-state index < -0.39 is 10.8 Å². The van der Waals surface area contributed by atoms with E-state index in [9.17, 15) is 9.00 Å². The molecule has 0 saturated carbocycles. The van der Waals surface area contributed by atoms with Gasteiger partial charge in [0, 0.05) is 27.9 Å². The first kappa shape index (κ1) is 17.1. The third kappa shape index (κ3) is 4.02. The van der Waals surface area contributed by atoms with Gasteiger partial charge in [0.25, 0.3) is 0 Å². The van der Waals surface area contributed by atoms with E-state index in [0.717, 1.165) is 40.0 Å². The van der Waals surface area contributed by atoms with E-state index >= 15 is 0 Å². The standard InChI is InChI=1S/C17H26O2S/c1-7-11(2)9-20(19)10-16-12(3)8-13(4)17(14(16)5)15(6)18/h8,11H,7,9-10H2,1-6H3/t11-,20-/m1/s1. The van der Waals surface area contributed by atoms with Crippen LogP contribution in [0.5, 0.6) is 0 Å². The lowest BCUT2D eigenvalue weighted by Crippen LogP contribution is -2.12. The minimum absolute atomic E-state index is 0.0916. The quantitative estimate of drug-likeness (QED) is 0.740. The summed E-state index contributed by atoms with van der Waals surface area (Å²) in [5.41, 5.74) is 5.05. The monoisotopic (exact) mass is 294 g/mol. The van der Waals surface area contributed by atoms with Crippen molar-refractivity contribution in [3.63, 3.8) is 0 Å². The Morgan fingerprint density at radius 1 is 1.25 bits per heavy atom. The van der Waals surface area contributed by atoms with Crippen molar-refractivity contribution < 1.29 is 9.00 Å². The number of carbonyl (C=O) groups excluding carboxylic acids is 1. The molecule has 20 heavy (non-hydrogen) atoms. The largest absolute Gasteiger partial charge is 0.294 e.